The standard InChI is InChI=1S/C42H49N7O7S2/c1-7-23-48-35-21-19-31(57(51,52)53)25-33(35)41(3,4)37(48)12-11-13-38-42(5,6)34-26-32(58(54,55)56)20-22-36(34)49(38)24-10-8-9-14-39(50)43-27-29-15-17-30(18-16-29)40-46-44-28(2)45-47-40/h11-13,15-22,25-26H,7-10,14,23-24,27H2,1-6H3,(H2-,43,50,51,52,53,54,55,56). The summed E-state index contributed by atoms with van der Waals surface area (Å²) in [6, 6.07) is 16.7. The van der Waals surface area contributed by atoms with Gasteiger partial charge >= 0.3 is 0 Å². The molecule has 0 atom stereocenters. The zero-order valence-electron chi connectivity index (χ0n) is 33.6. The van der Waals surface area contributed by atoms with E-state index < -0.39 is 31.1 Å². The van der Waals surface area contributed by atoms with Crippen LogP contribution in [-0.4, -0.2) is 75.6 Å². The molecule has 0 unspecified atom stereocenters. The lowest BCUT2D eigenvalue weighted by molar-refractivity contribution is -0.437. The third kappa shape index (κ3) is 8.94. The van der Waals surface area contributed by atoms with Gasteiger partial charge in [-0.25, -0.2) is 8.42 Å². The van der Waals surface area contributed by atoms with E-state index in [0.717, 1.165) is 64.3 Å². The molecule has 2 aliphatic heterocycles. The Morgan fingerprint density at radius 2 is 1.55 bits per heavy atom. The molecular weight excluding hydrogens is 779 g/mol. The van der Waals surface area contributed by atoms with Crippen molar-refractivity contribution in [3.63, 3.8) is 0 Å². The van der Waals surface area contributed by atoms with Crippen LogP contribution >= 0.6 is 0 Å². The predicted octanol–water partition coefficient (Wildman–Crippen LogP) is 6.29. The first-order valence-electron chi connectivity index (χ1n) is 19.3. The fourth-order valence-corrected chi connectivity index (χ4v) is 8.75. The van der Waals surface area contributed by atoms with Crippen LogP contribution in [0.4, 0.5) is 11.4 Å². The molecule has 1 aromatic heterocycles. The molecule has 0 bridgehead atoms. The van der Waals surface area contributed by atoms with E-state index in [2.05, 4.69) is 42.1 Å². The van der Waals surface area contributed by atoms with Crippen LogP contribution in [0, 0.1) is 6.92 Å². The van der Waals surface area contributed by atoms with Crippen molar-refractivity contribution in [2.24, 2.45) is 0 Å². The maximum absolute atomic E-state index is 12.7. The average Bonchev–Trinajstić information content (AvgIpc) is 3.51. The van der Waals surface area contributed by atoms with Gasteiger partial charge in [-0.1, -0.05) is 57.5 Å². The number of nitrogens with zero attached hydrogens (tertiary/aromatic N) is 6. The van der Waals surface area contributed by atoms with Crippen molar-refractivity contribution in [3.05, 3.63) is 107 Å². The van der Waals surface area contributed by atoms with Gasteiger partial charge < -0.3 is 14.8 Å². The number of allylic oxidation sites excluding steroid dienone is 4. The van der Waals surface area contributed by atoms with Crippen molar-refractivity contribution in [1.29, 1.82) is 0 Å². The first-order valence-corrected chi connectivity index (χ1v) is 22.1. The Hall–Kier alpha value is -5.16. The summed E-state index contributed by atoms with van der Waals surface area (Å²) in [6.45, 7) is 13.5. The first kappa shape index (κ1) is 42.4. The number of aromatic nitrogens is 4. The lowest BCUT2D eigenvalue weighted by atomic mass is 9.81. The number of hydrogen-bond donors (Lipinski definition) is 2. The third-order valence-electron chi connectivity index (χ3n) is 10.8. The lowest BCUT2D eigenvalue weighted by Crippen LogP contribution is -2.28. The molecule has 0 fully saturated rings. The highest BCUT2D eigenvalue weighted by Crippen LogP contribution is 2.49. The molecule has 4 aromatic rings. The van der Waals surface area contributed by atoms with E-state index in [0.29, 0.717) is 44.1 Å². The number of amides is 1. The van der Waals surface area contributed by atoms with Crippen molar-refractivity contribution in [3.8, 4) is 11.4 Å². The molecule has 0 saturated heterocycles. The number of fused-ring (bicyclic) bond motifs is 2. The summed E-state index contributed by atoms with van der Waals surface area (Å²) < 4.78 is 72.1. The molecule has 1 amide bonds. The van der Waals surface area contributed by atoms with Gasteiger partial charge in [0.1, 0.15) is 16.7 Å². The Labute approximate surface area is 340 Å². The third-order valence-corrected chi connectivity index (χ3v) is 12.5. The Morgan fingerprint density at radius 3 is 2.21 bits per heavy atom. The number of carbonyl (C=O) groups is 1. The predicted molar refractivity (Wildman–Crippen MR) is 219 cm³/mol. The Bertz CT molecular complexity index is 2530. The van der Waals surface area contributed by atoms with Gasteiger partial charge in [0.2, 0.25) is 17.4 Å². The summed E-state index contributed by atoms with van der Waals surface area (Å²) >= 11 is 0. The fourth-order valence-electron chi connectivity index (χ4n) is 7.75. The summed E-state index contributed by atoms with van der Waals surface area (Å²) in [4.78, 5) is 14.5. The summed E-state index contributed by atoms with van der Waals surface area (Å²) in [5, 5.41) is 19.0. The summed E-state index contributed by atoms with van der Waals surface area (Å²) in [7, 11) is -9.07. The monoisotopic (exact) mass is 827 g/mol. The number of benzene rings is 3. The highest BCUT2D eigenvalue weighted by molar-refractivity contribution is 7.86. The molecule has 2 N–H and O–H groups in total. The van der Waals surface area contributed by atoms with Crippen LogP contribution in [0.2, 0.25) is 0 Å². The molecule has 306 valence electrons. The molecule has 14 nitrogen and oxygen atoms in total. The Kier molecular flexibility index (Phi) is 12.1. The SMILES string of the molecule is CCC[N+]1=C(/C=C/C=C2/N(CCCCCC(=O)NCc3ccc(-c4nnc(C)nn4)cc3)c3ccc(S(=O)(=O)O)cc3C2(C)C)C(C)(C)c2cc(S(=O)(=O)[O-])ccc21. The second kappa shape index (κ2) is 16.6. The minimum absolute atomic E-state index is 0.0482. The van der Waals surface area contributed by atoms with E-state index in [-0.39, 0.29) is 15.7 Å². The topological polar surface area (TPSA) is 198 Å². The van der Waals surface area contributed by atoms with Crippen molar-refractivity contribution in [2.45, 2.75) is 101 Å². The van der Waals surface area contributed by atoms with Gasteiger partial charge in [-0.05, 0) is 81.1 Å². The van der Waals surface area contributed by atoms with Gasteiger partial charge in [0, 0.05) is 66.0 Å². The van der Waals surface area contributed by atoms with Crippen LogP contribution in [0.5, 0.6) is 0 Å². The van der Waals surface area contributed by atoms with Crippen LogP contribution in [0.15, 0.2) is 94.4 Å². The van der Waals surface area contributed by atoms with Gasteiger partial charge in [0.25, 0.3) is 10.1 Å². The lowest BCUT2D eigenvalue weighted by Gasteiger charge is -2.27. The molecule has 0 radical (unpaired) electrons. The molecule has 3 heterocycles. The van der Waals surface area contributed by atoms with Crippen LogP contribution in [-0.2, 0) is 42.4 Å². The van der Waals surface area contributed by atoms with E-state index in [1.807, 2.05) is 70.2 Å². The number of aryl methyl sites for hydroxylation is 1. The number of unbranched alkanes of at least 4 members (excludes halogenated alkanes) is 2. The second-order valence-electron chi connectivity index (χ2n) is 15.7. The van der Waals surface area contributed by atoms with Gasteiger partial charge in [-0.3, -0.25) is 9.35 Å². The number of carbonyl (C=O) groups excluding carboxylic acids is 1. The second-order valence-corrected chi connectivity index (χ2v) is 18.5. The molecule has 3 aromatic carbocycles. The minimum Gasteiger partial charge on any atom is -0.744 e. The number of anilines is 1. The zero-order chi connectivity index (χ0) is 42.0. The largest absolute Gasteiger partial charge is 0.744 e. The smallest absolute Gasteiger partial charge is 0.294 e. The highest BCUT2D eigenvalue weighted by Gasteiger charge is 2.45. The van der Waals surface area contributed by atoms with Crippen LogP contribution < -0.4 is 10.2 Å². The molecule has 2 aliphatic rings. The zero-order valence-corrected chi connectivity index (χ0v) is 35.2. The molecular formula is C42H49N7O7S2. The van der Waals surface area contributed by atoms with Crippen molar-refractivity contribution in [1.82, 2.24) is 25.7 Å². The Morgan fingerprint density at radius 1 is 0.879 bits per heavy atom. The Balaban J connectivity index is 1.15. The van der Waals surface area contributed by atoms with Gasteiger partial charge in [0.05, 0.1) is 15.2 Å². The van der Waals surface area contributed by atoms with Crippen LogP contribution in [0.1, 0.15) is 89.2 Å². The van der Waals surface area contributed by atoms with Gasteiger partial charge in [-0.15, -0.1) is 20.4 Å². The van der Waals surface area contributed by atoms with Gasteiger partial charge in [-0.2, -0.15) is 13.0 Å². The molecule has 0 spiro atoms. The summed E-state index contributed by atoms with van der Waals surface area (Å²) in [5.41, 5.74) is 5.54. The molecule has 58 heavy (non-hydrogen) atoms. The number of rotatable bonds is 15. The van der Waals surface area contributed by atoms with E-state index >= 15 is 0 Å². The van der Waals surface area contributed by atoms with E-state index in [1.165, 1.54) is 24.3 Å². The van der Waals surface area contributed by atoms with E-state index in [9.17, 15) is 30.7 Å². The van der Waals surface area contributed by atoms with Crippen molar-refractivity contribution < 1.29 is 35.3 Å². The quantitative estimate of drug-likeness (QED) is 0.0772. The molecule has 16 heteroatoms. The summed E-state index contributed by atoms with van der Waals surface area (Å²) in [6.07, 6.45) is 9.38. The van der Waals surface area contributed by atoms with Crippen molar-refractivity contribution >= 4 is 43.2 Å². The van der Waals surface area contributed by atoms with Gasteiger partial charge in [0.15, 0.2) is 11.5 Å². The van der Waals surface area contributed by atoms with Crippen LogP contribution in [0.3, 0.4) is 0 Å². The maximum atomic E-state index is 12.7. The molecule has 0 aliphatic carbocycles. The average molecular weight is 828 g/mol. The fraction of sp³-hybridized carbons (Fsp3) is 0.381. The van der Waals surface area contributed by atoms with Crippen LogP contribution in [0.25, 0.3) is 11.4 Å². The number of nitrogens with one attached hydrogen (secondary N) is 1. The maximum Gasteiger partial charge on any atom is 0.294 e. The molecule has 0 saturated carbocycles. The molecule has 6 rings (SSSR count). The highest BCUT2D eigenvalue weighted by atomic mass is 32.2. The summed E-state index contributed by atoms with van der Waals surface area (Å²) in [5.74, 6) is 0.877. The number of hydrogen-bond acceptors (Lipinski definition) is 11. The normalized spacial score (nSPS) is 16.6. The van der Waals surface area contributed by atoms with E-state index in [4.69, 9.17) is 0 Å². The van der Waals surface area contributed by atoms with Crippen molar-refractivity contribution in [2.75, 3.05) is 18.0 Å². The minimum atomic E-state index is -4.64. The first-order chi connectivity index (χ1) is 27.3. The van der Waals surface area contributed by atoms with E-state index in [1.54, 1.807) is 19.1 Å².